The van der Waals surface area contributed by atoms with Gasteiger partial charge in [0.05, 0.1) is 10.7 Å². The van der Waals surface area contributed by atoms with Crippen LogP contribution in [0.1, 0.15) is 6.92 Å². The van der Waals surface area contributed by atoms with Crippen LogP contribution in [0.5, 0.6) is 5.75 Å². The van der Waals surface area contributed by atoms with Gasteiger partial charge >= 0.3 is 0 Å². The van der Waals surface area contributed by atoms with E-state index in [-0.39, 0.29) is 23.0 Å². The summed E-state index contributed by atoms with van der Waals surface area (Å²) < 4.78 is 27.1. The quantitative estimate of drug-likeness (QED) is 0.705. The lowest BCUT2D eigenvalue weighted by Crippen LogP contribution is -2.29. The molecule has 0 aromatic heterocycles. The van der Waals surface area contributed by atoms with Crippen molar-refractivity contribution in [1.82, 2.24) is 4.72 Å². The minimum absolute atomic E-state index is 0.0219. The van der Waals surface area contributed by atoms with Crippen LogP contribution in [0.3, 0.4) is 0 Å². The van der Waals surface area contributed by atoms with Crippen molar-refractivity contribution in [3.8, 4) is 5.75 Å². The Hall–Kier alpha value is -0.980. The first-order valence-electron chi connectivity index (χ1n) is 4.20. The average Bonchev–Trinajstić information content (AvgIpc) is 2.09. The van der Waals surface area contributed by atoms with Gasteiger partial charge in [0.1, 0.15) is 5.75 Å². The van der Waals surface area contributed by atoms with Crippen molar-refractivity contribution in [2.75, 3.05) is 11.3 Å². The van der Waals surface area contributed by atoms with Gasteiger partial charge in [0.25, 0.3) is 10.2 Å². The molecule has 3 N–H and O–H groups in total. The normalized spacial score (nSPS) is 11.3. The van der Waals surface area contributed by atoms with Crippen molar-refractivity contribution >= 4 is 27.5 Å². The highest BCUT2D eigenvalue weighted by Gasteiger charge is 2.10. The Labute approximate surface area is 93.3 Å². The van der Waals surface area contributed by atoms with Crippen molar-refractivity contribution in [1.29, 1.82) is 0 Å². The van der Waals surface area contributed by atoms with Crippen LogP contribution in [0.15, 0.2) is 18.2 Å². The largest absolute Gasteiger partial charge is 0.508 e. The summed E-state index contributed by atoms with van der Waals surface area (Å²) in [6, 6.07) is 3.98. The maximum atomic E-state index is 11.3. The second-order valence-corrected chi connectivity index (χ2v) is 4.67. The number of nitrogens with one attached hydrogen (secondary N) is 2. The van der Waals surface area contributed by atoms with E-state index in [0.717, 1.165) is 0 Å². The minimum Gasteiger partial charge on any atom is -0.508 e. The standard InChI is InChI=1S/C8H11ClN2O3S/c1-2-10-15(13,14)11-8-4-3-6(12)5-7(8)9/h3-5,10-12H,2H2,1H3. The highest BCUT2D eigenvalue weighted by atomic mass is 35.5. The van der Waals surface area contributed by atoms with Crippen LogP contribution in [0.2, 0.25) is 5.02 Å². The van der Waals surface area contributed by atoms with Crippen LogP contribution in [0.4, 0.5) is 5.69 Å². The van der Waals surface area contributed by atoms with Crippen LogP contribution >= 0.6 is 11.6 Å². The summed E-state index contributed by atoms with van der Waals surface area (Å²) in [5.41, 5.74) is 0.218. The molecule has 0 spiro atoms. The SMILES string of the molecule is CCNS(=O)(=O)Nc1ccc(O)cc1Cl. The Morgan fingerprint density at radius 2 is 2.13 bits per heavy atom. The van der Waals surface area contributed by atoms with Crippen molar-refractivity contribution in [2.45, 2.75) is 6.92 Å². The van der Waals surface area contributed by atoms with E-state index in [1.165, 1.54) is 18.2 Å². The van der Waals surface area contributed by atoms with Gasteiger partial charge in [-0.1, -0.05) is 18.5 Å². The highest BCUT2D eigenvalue weighted by molar-refractivity contribution is 7.90. The number of anilines is 1. The zero-order valence-electron chi connectivity index (χ0n) is 7.99. The smallest absolute Gasteiger partial charge is 0.299 e. The highest BCUT2D eigenvalue weighted by Crippen LogP contribution is 2.26. The van der Waals surface area contributed by atoms with E-state index in [2.05, 4.69) is 9.44 Å². The van der Waals surface area contributed by atoms with E-state index >= 15 is 0 Å². The second kappa shape index (κ2) is 4.69. The van der Waals surface area contributed by atoms with Crippen LogP contribution in [-0.4, -0.2) is 20.1 Å². The van der Waals surface area contributed by atoms with E-state index in [4.69, 9.17) is 16.7 Å². The van der Waals surface area contributed by atoms with Crippen LogP contribution in [0.25, 0.3) is 0 Å². The molecule has 0 amide bonds. The van der Waals surface area contributed by atoms with Crippen LogP contribution < -0.4 is 9.44 Å². The Morgan fingerprint density at radius 3 is 2.67 bits per heavy atom. The van der Waals surface area contributed by atoms with Gasteiger partial charge in [0.15, 0.2) is 0 Å². The minimum atomic E-state index is -3.59. The van der Waals surface area contributed by atoms with Crippen molar-refractivity contribution < 1.29 is 13.5 Å². The Morgan fingerprint density at radius 1 is 1.47 bits per heavy atom. The monoisotopic (exact) mass is 250 g/mol. The number of phenols is 1. The Bertz CT molecular complexity index is 447. The summed E-state index contributed by atoms with van der Waals surface area (Å²) in [6.45, 7) is 1.95. The van der Waals surface area contributed by atoms with Crippen LogP contribution in [0, 0.1) is 0 Å². The van der Waals surface area contributed by atoms with E-state index < -0.39 is 10.2 Å². The van der Waals surface area contributed by atoms with Crippen molar-refractivity contribution in [2.24, 2.45) is 0 Å². The number of hydrogen-bond acceptors (Lipinski definition) is 3. The van der Waals surface area contributed by atoms with E-state index in [1.54, 1.807) is 6.92 Å². The van der Waals surface area contributed by atoms with Crippen molar-refractivity contribution in [3.63, 3.8) is 0 Å². The molecular formula is C8H11ClN2O3S. The van der Waals surface area contributed by atoms with Gasteiger partial charge in [-0.15, -0.1) is 0 Å². The predicted molar refractivity (Wildman–Crippen MR) is 59.3 cm³/mol. The lowest BCUT2D eigenvalue weighted by molar-refractivity contribution is 0.475. The molecule has 0 aliphatic heterocycles. The molecule has 0 bridgehead atoms. The van der Waals surface area contributed by atoms with Gasteiger partial charge in [-0.05, 0) is 12.1 Å². The lowest BCUT2D eigenvalue weighted by atomic mass is 10.3. The molecule has 7 heteroatoms. The van der Waals surface area contributed by atoms with Gasteiger partial charge < -0.3 is 5.11 Å². The molecule has 0 aliphatic carbocycles. The lowest BCUT2D eigenvalue weighted by Gasteiger charge is -2.09. The predicted octanol–water partition coefficient (Wildman–Crippen LogP) is 1.31. The fourth-order valence-corrected chi connectivity index (χ4v) is 2.16. The Kier molecular flexibility index (Phi) is 3.78. The van der Waals surface area contributed by atoms with Gasteiger partial charge in [0.2, 0.25) is 0 Å². The molecule has 0 aliphatic rings. The summed E-state index contributed by atoms with van der Waals surface area (Å²) in [5, 5.41) is 9.20. The summed E-state index contributed by atoms with van der Waals surface area (Å²) in [4.78, 5) is 0. The Balaban J connectivity index is 2.90. The van der Waals surface area contributed by atoms with Gasteiger partial charge in [-0.2, -0.15) is 13.1 Å². The summed E-state index contributed by atoms with van der Waals surface area (Å²) in [6.07, 6.45) is 0. The number of aromatic hydroxyl groups is 1. The average molecular weight is 251 g/mol. The number of rotatable bonds is 4. The zero-order chi connectivity index (χ0) is 11.5. The molecule has 0 fully saturated rings. The number of benzene rings is 1. The molecule has 0 saturated carbocycles. The molecule has 0 heterocycles. The van der Waals surface area contributed by atoms with E-state index in [9.17, 15) is 8.42 Å². The summed E-state index contributed by atoms with van der Waals surface area (Å²) in [5.74, 6) is -0.0219. The maximum Gasteiger partial charge on any atom is 0.299 e. The first kappa shape index (κ1) is 12.1. The molecule has 0 radical (unpaired) electrons. The number of phenolic OH excluding ortho intramolecular Hbond substituents is 1. The maximum absolute atomic E-state index is 11.3. The molecular weight excluding hydrogens is 240 g/mol. The summed E-state index contributed by atoms with van der Waals surface area (Å²) >= 11 is 5.72. The molecule has 1 aromatic rings. The van der Waals surface area contributed by atoms with Gasteiger partial charge in [0, 0.05) is 12.6 Å². The third kappa shape index (κ3) is 3.58. The second-order valence-electron chi connectivity index (χ2n) is 2.77. The van der Waals surface area contributed by atoms with Crippen molar-refractivity contribution in [3.05, 3.63) is 23.2 Å². The summed E-state index contributed by atoms with van der Waals surface area (Å²) in [7, 11) is -3.59. The van der Waals surface area contributed by atoms with Gasteiger partial charge in [-0.25, -0.2) is 0 Å². The van der Waals surface area contributed by atoms with Crippen LogP contribution in [-0.2, 0) is 10.2 Å². The number of hydrogen-bond donors (Lipinski definition) is 3. The molecule has 1 rings (SSSR count). The molecule has 84 valence electrons. The fourth-order valence-electron chi connectivity index (χ4n) is 0.958. The third-order valence-corrected chi connectivity index (χ3v) is 3.00. The zero-order valence-corrected chi connectivity index (χ0v) is 9.56. The molecule has 15 heavy (non-hydrogen) atoms. The number of halogens is 1. The first-order chi connectivity index (χ1) is 6.94. The van der Waals surface area contributed by atoms with E-state index in [0.29, 0.717) is 0 Å². The fraction of sp³-hybridized carbons (Fsp3) is 0.250. The molecule has 0 unspecified atom stereocenters. The topological polar surface area (TPSA) is 78.4 Å². The third-order valence-electron chi connectivity index (χ3n) is 1.53. The molecule has 0 saturated heterocycles. The molecule has 1 aromatic carbocycles. The molecule has 0 atom stereocenters. The van der Waals surface area contributed by atoms with E-state index in [1.807, 2.05) is 0 Å². The van der Waals surface area contributed by atoms with Gasteiger partial charge in [-0.3, -0.25) is 4.72 Å². The molecule has 5 nitrogen and oxygen atoms in total. The first-order valence-corrected chi connectivity index (χ1v) is 6.06.